The molecule has 0 fully saturated rings. The maximum Gasteiger partial charge on any atom is 0.0415 e. The minimum Gasteiger partial charge on any atom is -0.0605 e. The number of nitrogens with zero attached hydrogens (tertiary/aromatic N) is 3. The molecule has 0 N–H and O–H groups in total. The molecule has 0 amide bonds. The average Bonchev–Trinajstić information content (AvgIpc) is 2.02. The predicted molar refractivity (Wildman–Crippen MR) is 58.7 cm³/mol. The second-order valence-corrected chi connectivity index (χ2v) is 4.46. The smallest absolute Gasteiger partial charge is 0.0415 e. The number of benzene rings is 1. The molecule has 0 unspecified atom stereocenters. The van der Waals surface area contributed by atoms with Crippen LogP contribution in [0.15, 0.2) is 23.3 Å². The van der Waals surface area contributed by atoms with Gasteiger partial charge in [-0.3, -0.25) is 0 Å². The Morgan fingerprint density at radius 2 is 1.93 bits per heavy atom. The van der Waals surface area contributed by atoms with E-state index in [0.717, 1.165) is 16.8 Å². The van der Waals surface area contributed by atoms with Gasteiger partial charge < -0.3 is 0 Å². The fraction of sp³-hybridized carbons (Fsp3) is 0.455. The number of hydrogen-bond donors (Lipinski definition) is 0. The van der Waals surface area contributed by atoms with Crippen LogP contribution in [0.3, 0.4) is 0 Å². The van der Waals surface area contributed by atoms with Gasteiger partial charge in [0.2, 0.25) is 0 Å². The first kappa shape index (κ1) is 10.6. The highest BCUT2D eigenvalue weighted by molar-refractivity contribution is 5.51. The Morgan fingerprint density at radius 1 is 1.29 bits per heavy atom. The van der Waals surface area contributed by atoms with Crippen molar-refractivity contribution >= 4 is 5.69 Å². The van der Waals surface area contributed by atoms with Gasteiger partial charge in [-0.25, -0.2) is 0 Å². The number of azide groups is 1. The van der Waals surface area contributed by atoms with Crippen LogP contribution in [0, 0.1) is 6.92 Å². The maximum atomic E-state index is 8.46. The molecule has 0 radical (unpaired) electrons. The van der Waals surface area contributed by atoms with Crippen molar-refractivity contribution in [3.8, 4) is 0 Å². The lowest BCUT2D eigenvalue weighted by Gasteiger charge is -2.21. The fourth-order valence-electron chi connectivity index (χ4n) is 1.41. The normalized spacial score (nSPS) is 10.9. The van der Waals surface area contributed by atoms with Crippen LogP contribution in [0.2, 0.25) is 0 Å². The monoisotopic (exact) mass is 189 g/mol. The third kappa shape index (κ3) is 2.27. The van der Waals surface area contributed by atoms with Crippen molar-refractivity contribution in [3.05, 3.63) is 39.8 Å². The summed E-state index contributed by atoms with van der Waals surface area (Å²) in [5.41, 5.74) is 11.4. The van der Waals surface area contributed by atoms with Gasteiger partial charge in [0.25, 0.3) is 0 Å². The third-order valence-electron chi connectivity index (χ3n) is 2.11. The Morgan fingerprint density at radius 3 is 2.43 bits per heavy atom. The Kier molecular flexibility index (Phi) is 2.82. The van der Waals surface area contributed by atoms with Crippen LogP contribution < -0.4 is 0 Å². The largest absolute Gasteiger partial charge is 0.0605 e. The fourth-order valence-corrected chi connectivity index (χ4v) is 1.41. The van der Waals surface area contributed by atoms with Crippen LogP contribution in [-0.4, -0.2) is 0 Å². The molecule has 0 spiro atoms. The van der Waals surface area contributed by atoms with Gasteiger partial charge in [-0.15, -0.1) is 0 Å². The Labute approximate surface area is 84.4 Å². The average molecular weight is 189 g/mol. The second-order valence-electron chi connectivity index (χ2n) is 4.46. The van der Waals surface area contributed by atoms with Crippen LogP contribution in [0.25, 0.3) is 10.4 Å². The molecule has 0 aliphatic heterocycles. The number of hydrogen-bond acceptors (Lipinski definition) is 1. The first-order chi connectivity index (χ1) is 6.45. The van der Waals surface area contributed by atoms with Gasteiger partial charge in [-0.05, 0) is 29.5 Å². The maximum absolute atomic E-state index is 8.46. The first-order valence-corrected chi connectivity index (χ1v) is 4.61. The zero-order valence-corrected chi connectivity index (χ0v) is 9.07. The molecule has 0 bridgehead atoms. The van der Waals surface area contributed by atoms with Crippen molar-refractivity contribution in [1.82, 2.24) is 0 Å². The zero-order chi connectivity index (χ0) is 10.8. The molecule has 3 nitrogen and oxygen atoms in total. The molecule has 0 saturated carbocycles. The van der Waals surface area contributed by atoms with E-state index < -0.39 is 0 Å². The molecule has 1 aromatic carbocycles. The molecule has 74 valence electrons. The standard InChI is InChI=1S/C11H15N3/c1-8-5-6-9(11(2,3)4)10(7-8)13-14-12/h5-7H,1-4H3. The summed E-state index contributed by atoms with van der Waals surface area (Å²) in [5.74, 6) is 0. The summed E-state index contributed by atoms with van der Waals surface area (Å²) >= 11 is 0. The molecule has 3 heteroatoms. The summed E-state index contributed by atoms with van der Waals surface area (Å²) in [4.78, 5) is 2.85. The van der Waals surface area contributed by atoms with E-state index in [-0.39, 0.29) is 5.41 Å². The van der Waals surface area contributed by atoms with Gasteiger partial charge in [0.1, 0.15) is 0 Å². The summed E-state index contributed by atoms with van der Waals surface area (Å²) in [6, 6.07) is 5.98. The van der Waals surface area contributed by atoms with E-state index in [1.54, 1.807) is 0 Å². The molecule has 14 heavy (non-hydrogen) atoms. The molecular weight excluding hydrogens is 174 g/mol. The van der Waals surface area contributed by atoms with E-state index in [9.17, 15) is 0 Å². The van der Waals surface area contributed by atoms with E-state index in [1.165, 1.54) is 0 Å². The summed E-state index contributed by atoms with van der Waals surface area (Å²) in [7, 11) is 0. The molecule has 0 aliphatic carbocycles. The van der Waals surface area contributed by atoms with Crippen LogP contribution in [-0.2, 0) is 5.41 Å². The molecule has 1 aromatic rings. The van der Waals surface area contributed by atoms with Crippen LogP contribution in [0.4, 0.5) is 5.69 Å². The van der Waals surface area contributed by atoms with Gasteiger partial charge >= 0.3 is 0 Å². The molecule has 0 aromatic heterocycles. The van der Waals surface area contributed by atoms with Crippen molar-refractivity contribution in [3.63, 3.8) is 0 Å². The lowest BCUT2D eigenvalue weighted by Crippen LogP contribution is -2.11. The Hall–Kier alpha value is -1.47. The van der Waals surface area contributed by atoms with E-state index in [4.69, 9.17) is 5.53 Å². The lowest BCUT2D eigenvalue weighted by molar-refractivity contribution is 0.591. The van der Waals surface area contributed by atoms with Crippen molar-refractivity contribution in [2.45, 2.75) is 33.1 Å². The van der Waals surface area contributed by atoms with Crippen LogP contribution >= 0.6 is 0 Å². The SMILES string of the molecule is Cc1ccc(C(C)(C)C)c(N=[N+]=[N-])c1. The first-order valence-electron chi connectivity index (χ1n) is 4.61. The highest BCUT2D eigenvalue weighted by Crippen LogP contribution is 2.32. The zero-order valence-electron chi connectivity index (χ0n) is 9.07. The van der Waals surface area contributed by atoms with Gasteiger partial charge in [-0.1, -0.05) is 43.6 Å². The highest BCUT2D eigenvalue weighted by atomic mass is 15.1. The minimum atomic E-state index is 0.0111. The minimum absolute atomic E-state index is 0.0111. The van der Waals surface area contributed by atoms with E-state index >= 15 is 0 Å². The van der Waals surface area contributed by atoms with Crippen LogP contribution in [0.1, 0.15) is 31.9 Å². The number of aryl methyl sites for hydroxylation is 1. The molecule has 1 rings (SSSR count). The predicted octanol–water partition coefficient (Wildman–Crippen LogP) is 4.23. The van der Waals surface area contributed by atoms with Crippen molar-refractivity contribution in [2.24, 2.45) is 5.11 Å². The second kappa shape index (κ2) is 3.72. The summed E-state index contributed by atoms with van der Waals surface area (Å²) < 4.78 is 0. The van der Waals surface area contributed by atoms with Gasteiger partial charge in [-0.2, -0.15) is 0 Å². The quantitative estimate of drug-likeness (QED) is 0.360. The molecule has 0 aliphatic rings. The summed E-state index contributed by atoms with van der Waals surface area (Å²) in [6.45, 7) is 8.30. The van der Waals surface area contributed by atoms with Crippen molar-refractivity contribution < 1.29 is 0 Å². The molecule has 0 heterocycles. The van der Waals surface area contributed by atoms with Crippen LogP contribution in [0.5, 0.6) is 0 Å². The van der Waals surface area contributed by atoms with Gasteiger partial charge in [0, 0.05) is 10.6 Å². The molecular formula is C11H15N3. The van der Waals surface area contributed by atoms with E-state index in [0.29, 0.717) is 0 Å². The third-order valence-corrected chi connectivity index (χ3v) is 2.11. The van der Waals surface area contributed by atoms with E-state index in [2.05, 4.69) is 30.8 Å². The summed E-state index contributed by atoms with van der Waals surface area (Å²) in [5, 5.41) is 3.71. The summed E-state index contributed by atoms with van der Waals surface area (Å²) in [6.07, 6.45) is 0. The van der Waals surface area contributed by atoms with Crippen molar-refractivity contribution in [2.75, 3.05) is 0 Å². The van der Waals surface area contributed by atoms with Gasteiger partial charge in [0.15, 0.2) is 0 Å². The topological polar surface area (TPSA) is 48.8 Å². The Balaban J connectivity index is 3.36. The highest BCUT2D eigenvalue weighted by Gasteiger charge is 2.16. The lowest BCUT2D eigenvalue weighted by atomic mass is 9.85. The molecule has 0 atom stereocenters. The van der Waals surface area contributed by atoms with Gasteiger partial charge in [0.05, 0.1) is 0 Å². The van der Waals surface area contributed by atoms with E-state index in [1.807, 2.05) is 25.1 Å². The van der Waals surface area contributed by atoms with Crippen molar-refractivity contribution in [1.29, 1.82) is 0 Å². The number of rotatable bonds is 1. The Bertz CT molecular complexity index is 382. The molecule has 0 saturated heterocycles.